The number of Topliss-reactive ketones (excluding diaryl/α,β-unsaturated/α-hetero) is 1. The Bertz CT molecular complexity index is 477. The van der Waals surface area contributed by atoms with E-state index in [1.165, 1.54) is 6.07 Å². The minimum absolute atomic E-state index is 0.00120. The monoisotopic (exact) mass is 249 g/mol. The fourth-order valence-corrected chi connectivity index (χ4v) is 2.98. The van der Waals surface area contributed by atoms with E-state index < -0.39 is 5.82 Å². The summed E-state index contributed by atoms with van der Waals surface area (Å²) >= 11 is 0. The highest BCUT2D eigenvalue weighted by molar-refractivity contribution is 5.96. The molecular weight excluding hydrogens is 233 g/mol. The van der Waals surface area contributed by atoms with Gasteiger partial charge in [-0.25, -0.2) is 9.37 Å². The number of ketones is 1. The van der Waals surface area contributed by atoms with Gasteiger partial charge in [0.2, 0.25) is 0 Å². The SMILES string of the molecule is Cc1ccc(F)c(C(=O)C2CC3CCC(C2)O3)n1. The van der Waals surface area contributed by atoms with Crippen LogP contribution in [0.15, 0.2) is 12.1 Å². The molecule has 0 amide bonds. The normalized spacial score (nSPS) is 30.4. The van der Waals surface area contributed by atoms with Crippen molar-refractivity contribution in [2.45, 2.75) is 44.8 Å². The number of aryl methyl sites for hydroxylation is 1. The molecule has 0 saturated carbocycles. The summed E-state index contributed by atoms with van der Waals surface area (Å²) in [5.74, 6) is -0.791. The molecule has 2 bridgehead atoms. The maximum Gasteiger partial charge on any atom is 0.187 e. The molecule has 2 unspecified atom stereocenters. The number of hydrogen-bond acceptors (Lipinski definition) is 3. The van der Waals surface area contributed by atoms with Crippen LogP contribution < -0.4 is 0 Å². The lowest BCUT2D eigenvalue weighted by molar-refractivity contribution is -0.0151. The second-order valence-electron chi connectivity index (χ2n) is 5.27. The number of carbonyl (C=O) groups is 1. The summed E-state index contributed by atoms with van der Waals surface area (Å²) in [6.45, 7) is 1.77. The highest BCUT2D eigenvalue weighted by Crippen LogP contribution is 2.37. The van der Waals surface area contributed by atoms with E-state index in [9.17, 15) is 9.18 Å². The van der Waals surface area contributed by atoms with E-state index in [-0.39, 0.29) is 29.6 Å². The molecule has 96 valence electrons. The number of nitrogens with zero attached hydrogens (tertiary/aromatic N) is 1. The number of hydrogen-bond donors (Lipinski definition) is 0. The largest absolute Gasteiger partial charge is 0.375 e. The second-order valence-corrected chi connectivity index (χ2v) is 5.27. The molecular formula is C14H16FNO2. The number of fused-ring (bicyclic) bond motifs is 2. The lowest BCUT2D eigenvalue weighted by Crippen LogP contribution is -2.31. The average molecular weight is 249 g/mol. The van der Waals surface area contributed by atoms with Crippen LogP contribution in [-0.4, -0.2) is 23.0 Å². The van der Waals surface area contributed by atoms with Gasteiger partial charge in [-0.2, -0.15) is 0 Å². The second kappa shape index (κ2) is 4.43. The molecule has 3 nitrogen and oxygen atoms in total. The number of pyridine rings is 1. The first-order valence-electron chi connectivity index (χ1n) is 6.46. The van der Waals surface area contributed by atoms with E-state index in [4.69, 9.17) is 4.74 Å². The van der Waals surface area contributed by atoms with Crippen molar-refractivity contribution >= 4 is 5.78 Å². The van der Waals surface area contributed by atoms with E-state index >= 15 is 0 Å². The molecule has 2 atom stereocenters. The molecule has 0 radical (unpaired) electrons. The molecule has 18 heavy (non-hydrogen) atoms. The van der Waals surface area contributed by atoms with Crippen LogP contribution in [0.25, 0.3) is 0 Å². The first-order chi connectivity index (χ1) is 8.63. The van der Waals surface area contributed by atoms with Crippen molar-refractivity contribution in [3.8, 4) is 0 Å². The van der Waals surface area contributed by atoms with E-state index in [0.717, 1.165) is 12.8 Å². The van der Waals surface area contributed by atoms with Crippen molar-refractivity contribution in [2.24, 2.45) is 5.92 Å². The van der Waals surface area contributed by atoms with Crippen LogP contribution in [0.2, 0.25) is 0 Å². The highest BCUT2D eigenvalue weighted by Gasteiger charge is 2.39. The Balaban J connectivity index is 1.84. The summed E-state index contributed by atoms with van der Waals surface area (Å²) in [4.78, 5) is 16.4. The number of halogens is 1. The lowest BCUT2D eigenvalue weighted by atomic mass is 9.89. The third-order valence-corrected chi connectivity index (χ3v) is 3.88. The van der Waals surface area contributed by atoms with Crippen molar-refractivity contribution in [3.63, 3.8) is 0 Å². The average Bonchev–Trinajstić information content (AvgIpc) is 2.70. The zero-order valence-corrected chi connectivity index (χ0v) is 10.4. The molecule has 2 aliphatic rings. The van der Waals surface area contributed by atoms with Gasteiger partial charge in [0.25, 0.3) is 0 Å². The summed E-state index contributed by atoms with van der Waals surface area (Å²) < 4.78 is 19.4. The van der Waals surface area contributed by atoms with E-state index in [1.807, 2.05) is 0 Å². The topological polar surface area (TPSA) is 39.2 Å². The van der Waals surface area contributed by atoms with Gasteiger partial charge in [-0.1, -0.05) is 0 Å². The maximum atomic E-state index is 13.7. The van der Waals surface area contributed by atoms with Gasteiger partial charge in [0.1, 0.15) is 5.69 Å². The first-order valence-corrected chi connectivity index (χ1v) is 6.46. The summed E-state index contributed by atoms with van der Waals surface area (Å²) in [6, 6.07) is 2.91. The van der Waals surface area contributed by atoms with Crippen molar-refractivity contribution in [1.82, 2.24) is 4.98 Å². The van der Waals surface area contributed by atoms with Crippen LogP contribution in [0.5, 0.6) is 0 Å². The third kappa shape index (κ3) is 2.05. The number of aromatic nitrogens is 1. The molecule has 2 fully saturated rings. The molecule has 0 aliphatic carbocycles. The van der Waals surface area contributed by atoms with Crippen molar-refractivity contribution < 1.29 is 13.9 Å². The predicted molar refractivity (Wildman–Crippen MR) is 63.9 cm³/mol. The van der Waals surface area contributed by atoms with Crippen LogP contribution in [0.4, 0.5) is 4.39 Å². The maximum absolute atomic E-state index is 13.7. The fraction of sp³-hybridized carbons (Fsp3) is 0.571. The van der Waals surface area contributed by atoms with Crippen LogP contribution in [-0.2, 0) is 4.74 Å². The van der Waals surface area contributed by atoms with Gasteiger partial charge in [-0.3, -0.25) is 4.79 Å². The van der Waals surface area contributed by atoms with Gasteiger partial charge in [-0.05, 0) is 44.7 Å². The van der Waals surface area contributed by atoms with E-state index in [2.05, 4.69) is 4.98 Å². The van der Waals surface area contributed by atoms with Crippen molar-refractivity contribution in [1.29, 1.82) is 0 Å². The van der Waals surface area contributed by atoms with Crippen LogP contribution in [0, 0.1) is 18.7 Å². The summed E-state index contributed by atoms with van der Waals surface area (Å²) in [5, 5.41) is 0. The Morgan fingerprint density at radius 2 is 2.00 bits per heavy atom. The minimum atomic E-state index is -0.510. The van der Waals surface area contributed by atoms with E-state index in [1.54, 1.807) is 13.0 Å². The summed E-state index contributed by atoms with van der Waals surface area (Å²) in [7, 11) is 0. The van der Waals surface area contributed by atoms with Gasteiger partial charge in [0, 0.05) is 11.6 Å². The Labute approximate surface area is 105 Å². The minimum Gasteiger partial charge on any atom is -0.375 e. The zero-order valence-electron chi connectivity index (χ0n) is 10.4. The number of rotatable bonds is 2. The van der Waals surface area contributed by atoms with Crippen molar-refractivity contribution in [2.75, 3.05) is 0 Å². The molecule has 0 aromatic carbocycles. The number of ether oxygens (including phenoxy) is 1. The first kappa shape index (κ1) is 11.8. The lowest BCUT2D eigenvalue weighted by Gasteiger charge is -2.27. The smallest absolute Gasteiger partial charge is 0.187 e. The Hall–Kier alpha value is -1.29. The van der Waals surface area contributed by atoms with Crippen LogP contribution >= 0.6 is 0 Å². The summed E-state index contributed by atoms with van der Waals surface area (Å²) in [6.07, 6.45) is 3.85. The molecule has 2 aliphatic heterocycles. The standard InChI is InChI=1S/C14H16FNO2/c1-8-2-5-12(15)13(16-8)14(17)9-6-10-3-4-11(7-9)18-10/h2,5,9-11H,3-4,6-7H2,1H3. The van der Waals surface area contributed by atoms with Crippen molar-refractivity contribution in [3.05, 3.63) is 29.3 Å². The van der Waals surface area contributed by atoms with Crippen LogP contribution in [0.3, 0.4) is 0 Å². The number of carbonyl (C=O) groups excluding carboxylic acids is 1. The molecule has 3 heterocycles. The molecule has 3 rings (SSSR count). The van der Waals surface area contributed by atoms with Gasteiger partial charge < -0.3 is 4.74 Å². The molecule has 1 aromatic heterocycles. The zero-order chi connectivity index (χ0) is 12.7. The quantitative estimate of drug-likeness (QED) is 0.756. The molecule has 0 spiro atoms. The fourth-order valence-electron chi connectivity index (χ4n) is 2.98. The van der Waals surface area contributed by atoms with Gasteiger partial charge in [0.05, 0.1) is 12.2 Å². The van der Waals surface area contributed by atoms with Gasteiger partial charge >= 0.3 is 0 Å². The Morgan fingerprint density at radius 1 is 1.33 bits per heavy atom. The molecule has 4 heteroatoms. The van der Waals surface area contributed by atoms with Gasteiger partial charge in [-0.15, -0.1) is 0 Å². The Morgan fingerprint density at radius 3 is 2.67 bits per heavy atom. The third-order valence-electron chi connectivity index (χ3n) is 3.88. The molecule has 1 aromatic rings. The molecule has 0 N–H and O–H groups in total. The molecule has 2 saturated heterocycles. The summed E-state index contributed by atoms with van der Waals surface area (Å²) in [5.41, 5.74) is 0.677. The Kier molecular flexibility index (Phi) is 2.90. The van der Waals surface area contributed by atoms with Crippen LogP contribution in [0.1, 0.15) is 41.9 Å². The predicted octanol–water partition coefficient (Wildman–Crippen LogP) is 2.67. The van der Waals surface area contributed by atoms with Gasteiger partial charge in [0.15, 0.2) is 11.6 Å². The highest BCUT2D eigenvalue weighted by atomic mass is 19.1. The van der Waals surface area contributed by atoms with E-state index in [0.29, 0.717) is 18.5 Å².